The van der Waals surface area contributed by atoms with E-state index in [1.54, 1.807) is 14.2 Å². The molecule has 1 aliphatic heterocycles. The molecule has 1 aromatic rings. The Labute approximate surface area is 101 Å². The van der Waals surface area contributed by atoms with Crippen molar-refractivity contribution >= 4 is 0 Å². The molecule has 4 nitrogen and oxygen atoms in total. The first-order valence-corrected chi connectivity index (χ1v) is 5.85. The number of methoxy groups -OCH3 is 2. The summed E-state index contributed by atoms with van der Waals surface area (Å²) in [6.07, 6.45) is 3.20. The maximum Gasteiger partial charge on any atom is 0.231 e. The number of ether oxygens (including phenoxy) is 4. The van der Waals surface area contributed by atoms with Crippen LogP contribution in [0.3, 0.4) is 0 Å². The van der Waals surface area contributed by atoms with E-state index in [1.165, 1.54) is 0 Å². The Balaban J connectivity index is 2.43. The van der Waals surface area contributed by atoms with Crippen LogP contribution in [-0.4, -0.2) is 21.0 Å². The van der Waals surface area contributed by atoms with Crippen molar-refractivity contribution in [2.24, 2.45) is 0 Å². The van der Waals surface area contributed by atoms with Crippen LogP contribution in [0.4, 0.5) is 0 Å². The molecule has 0 saturated carbocycles. The zero-order chi connectivity index (χ0) is 12.3. The van der Waals surface area contributed by atoms with Crippen LogP contribution in [0.25, 0.3) is 0 Å². The molecule has 0 spiro atoms. The van der Waals surface area contributed by atoms with Crippen molar-refractivity contribution < 1.29 is 18.9 Å². The number of unbranched alkanes of at least 4 members (excludes halogenated alkanes) is 1. The molecule has 0 N–H and O–H groups in total. The first-order valence-electron chi connectivity index (χ1n) is 5.85. The fraction of sp³-hybridized carbons (Fsp3) is 0.538. The lowest BCUT2D eigenvalue weighted by atomic mass is 10.1. The summed E-state index contributed by atoms with van der Waals surface area (Å²) >= 11 is 0. The molecule has 0 aromatic heterocycles. The number of hydrogen-bond acceptors (Lipinski definition) is 4. The second-order valence-electron chi connectivity index (χ2n) is 3.94. The van der Waals surface area contributed by atoms with Gasteiger partial charge in [0, 0.05) is 5.56 Å². The van der Waals surface area contributed by atoms with Gasteiger partial charge in [-0.1, -0.05) is 13.3 Å². The van der Waals surface area contributed by atoms with Gasteiger partial charge in [-0.2, -0.15) is 0 Å². The molecular weight excluding hydrogens is 220 g/mol. The lowest BCUT2D eigenvalue weighted by Crippen LogP contribution is -1.96. The van der Waals surface area contributed by atoms with Gasteiger partial charge in [-0.15, -0.1) is 0 Å². The van der Waals surface area contributed by atoms with Crippen molar-refractivity contribution in [2.45, 2.75) is 26.2 Å². The summed E-state index contributed by atoms with van der Waals surface area (Å²) in [5.41, 5.74) is 1.11. The SMILES string of the molecule is CCCCc1cc(OC)c2c(c1OC)OCO2. The van der Waals surface area contributed by atoms with Crippen LogP contribution >= 0.6 is 0 Å². The Hall–Kier alpha value is -1.58. The highest BCUT2D eigenvalue weighted by molar-refractivity contribution is 5.63. The molecule has 1 aromatic carbocycles. The molecule has 0 bridgehead atoms. The normalized spacial score (nSPS) is 12.6. The molecule has 0 radical (unpaired) electrons. The van der Waals surface area contributed by atoms with Gasteiger partial charge in [-0.3, -0.25) is 0 Å². The number of benzene rings is 1. The van der Waals surface area contributed by atoms with Gasteiger partial charge in [0.05, 0.1) is 14.2 Å². The van der Waals surface area contributed by atoms with E-state index in [9.17, 15) is 0 Å². The van der Waals surface area contributed by atoms with Crippen molar-refractivity contribution in [3.05, 3.63) is 11.6 Å². The highest BCUT2D eigenvalue weighted by atomic mass is 16.7. The maximum absolute atomic E-state index is 5.46. The highest BCUT2D eigenvalue weighted by Crippen LogP contribution is 2.49. The van der Waals surface area contributed by atoms with E-state index in [-0.39, 0.29) is 6.79 Å². The Morgan fingerprint density at radius 1 is 1.18 bits per heavy atom. The van der Waals surface area contributed by atoms with E-state index in [0.717, 1.165) is 30.6 Å². The fourth-order valence-electron chi connectivity index (χ4n) is 1.99. The van der Waals surface area contributed by atoms with Crippen LogP contribution < -0.4 is 18.9 Å². The van der Waals surface area contributed by atoms with E-state index in [2.05, 4.69) is 6.92 Å². The summed E-state index contributed by atoms with van der Waals surface area (Å²) in [6.45, 7) is 2.38. The van der Waals surface area contributed by atoms with Crippen LogP contribution in [0.2, 0.25) is 0 Å². The van der Waals surface area contributed by atoms with Gasteiger partial charge >= 0.3 is 0 Å². The zero-order valence-electron chi connectivity index (χ0n) is 10.5. The van der Waals surface area contributed by atoms with E-state index < -0.39 is 0 Å². The predicted molar refractivity (Wildman–Crippen MR) is 64.3 cm³/mol. The van der Waals surface area contributed by atoms with Gasteiger partial charge in [-0.25, -0.2) is 0 Å². The first kappa shape index (κ1) is 11.9. The van der Waals surface area contributed by atoms with Crippen LogP contribution in [0.1, 0.15) is 25.3 Å². The number of aryl methyl sites for hydroxylation is 1. The Bertz CT molecular complexity index is 401. The molecule has 2 rings (SSSR count). The van der Waals surface area contributed by atoms with Gasteiger partial charge < -0.3 is 18.9 Å². The topological polar surface area (TPSA) is 36.9 Å². The van der Waals surface area contributed by atoms with Crippen LogP contribution in [-0.2, 0) is 6.42 Å². The summed E-state index contributed by atoms with van der Waals surface area (Å²) in [5, 5.41) is 0. The molecule has 4 heteroatoms. The minimum absolute atomic E-state index is 0.222. The molecule has 0 amide bonds. The van der Waals surface area contributed by atoms with Gasteiger partial charge in [-0.05, 0) is 18.9 Å². The monoisotopic (exact) mass is 238 g/mol. The second kappa shape index (κ2) is 5.17. The first-order chi connectivity index (χ1) is 8.31. The van der Waals surface area contributed by atoms with Gasteiger partial charge in [0.2, 0.25) is 18.3 Å². The molecule has 17 heavy (non-hydrogen) atoms. The lowest BCUT2D eigenvalue weighted by molar-refractivity contribution is 0.168. The lowest BCUT2D eigenvalue weighted by Gasteiger charge is -2.13. The minimum atomic E-state index is 0.222. The van der Waals surface area contributed by atoms with Crippen molar-refractivity contribution in [1.82, 2.24) is 0 Å². The molecule has 0 atom stereocenters. The fourth-order valence-corrected chi connectivity index (χ4v) is 1.99. The average Bonchev–Trinajstić information content (AvgIpc) is 2.83. The maximum atomic E-state index is 5.46. The van der Waals surface area contributed by atoms with E-state index in [0.29, 0.717) is 17.2 Å². The van der Waals surface area contributed by atoms with Gasteiger partial charge in [0.1, 0.15) is 0 Å². The molecule has 0 fully saturated rings. The third-order valence-electron chi connectivity index (χ3n) is 2.86. The summed E-state index contributed by atoms with van der Waals surface area (Å²) in [4.78, 5) is 0. The van der Waals surface area contributed by atoms with Crippen molar-refractivity contribution in [3.63, 3.8) is 0 Å². The number of hydrogen-bond donors (Lipinski definition) is 0. The molecular formula is C13H18O4. The molecule has 0 unspecified atom stereocenters. The molecule has 0 saturated heterocycles. The van der Waals surface area contributed by atoms with E-state index in [4.69, 9.17) is 18.9 Å². The Morgan fingerprint density at radius 3 is 2.59 bits per heavy atom. The quantitative estimate of drug-likeness (QED) is 0.790. The van der Waals surface area contributed by atoms with Gasteiger partial charge in [0.15, 0.2) is 11.5 Å². The van der Waals surface area contributed by atoms with Crippen LogP contribution in [0.15, 0.2) is 6.07 Å². The predicted octanol–water partition coefficient (Wildman–Crippen LogP) is 2.78. The van der Waals surface area contributed by atoms with Crippen molar-refractivity contribution in [2.75, 3.05) is 21.0 Å². The largest absolute Gasteiger partial charge is 0.493 e. The standard InChI is InChI=1S/C13H18O4/c1-4-5-6-9-7-10(14-2)12-13(11(9)15-3)17-8-16-12/h7H,4-6,8H2,1-3H3. The second-order valence-corrected chi connectivity index (χ2v) is 3.94. The number of fused-ring (bicyclic) bond motifs is 1. The Morgan fingerprint density at radius 2 is 1.94 bits per heavy atom. The molecule has 94 valence electrons. The zero-order valence-corrected chi connectivity index (χ0v) is 10.5. The summed E-state index contributed by atoms with van der Waals surface area (Å²) in [6, 6.07) is 1.97. The number of rotatable bonds is 5. The van der Waals surface area contributed by atoms with Crippen LogP contribution in [0.5, 0.6) is 23.0 Å². The third-order valence-corrected chi connectivity index (χ3v) is 2.86. The van der Waals surface area contributed by atoms with Gasteiger partial charge in [0.25, 0.3) is 0 Å². The average molecular weight is 238 g/mol. The smallest absolute Gasteiger partial charge is 0.231 e. The summed E-state index contributed by atoms with van der Waals surface area (Å²) in [7, 11) is 3.28. The molecule has 1 heterocycles. The Kier molecular flexibility index (Phi) is 3.61. The minimum Gasteiger partial charge on any atom is -0.493 e. The van der Waals surface area contributed by atoms with Crippen molar-refractivity contribution in [1.29, 1.82) is 0 Å². The summed E-state index contributed by atoms with van der Waals surface area (Å²) < 4.78 is 21.6. The van der Waals surface area contributed by atoms with E-state index in [1.807, 2.05) is 6.07 Å². The van der Waals surface area contributed by atoms with Crippen LogP contribution in [0, 0.1) is 0 Å². The highest BCUT2D eigenvalue weighted by Gasteiger charge is 2.26. The van der Waals surface area contributed by atoms with Crippen molar-refractivity contribution in [3.8, 4) is 23.0 Å². The third kappa shape index (κ3) is 2.12. The summed E-state index contributed by atoms with van der Waals surface area (Å²) in [5.74, 6) is 2.79. The molecule has 0 aliphatic carbocycles. The van der Waals surface area contributed by atoms with E-state index >= 15 is 0 Å². The molecule has 1 aliphatic rings.